The lowest BCUT2D eigenvalue weighted by Gasteiger charge is -2.24. The van der Waals surface area contributed by atoms with E-state index in [0.717, 1.165) is 18.3 Å². The Morgan fingerprint density at radius 3 is 2.53 bits per heavy atom. The van der Waals surface area contributed by atoms with Crippen LogP contribution in [0.4, 0.5) is 13.2 Å². The van der Waals surface area contributed by atoms with E-state index in [0.29, 0.717) is 17.2 Å². The Bertz CT molecular complexity index is 541. The smallest absolute Gasteiger partial charge is 0.312 e. The zero-order valence-corrected chi connectivity index (χ0v) is 9.93. The zero-order valence-electron chi connectivity index (χ0n) is 9.12. The number of hydrogen-bond donors (Lipinski definition) is 1. The fourth-order valence-electron chi connectivity index (χ4n) is 1.21. The fraction of sp³-hybridized carbons (Fsp3) is 0.625. The number of rotatable bonds is 2. The van der Waals surface area contributed by atoms with E-state index in [1.165, 1.54) is 4.52 Å². The van der Waals surface area contributed by atoms with E-state index in [1.54, 1.807) is 0 Å². The lowest BCUT2D eigenvalue weighted by Crippen LogP contribution is -2.47. The minimum absolute atomic E-state index is 0.218. The van der Waals surface area contributed by atoms with E-state index < -0.39 is 11.7 Å². The summed E-state index contributed by atoms with van der Waals surface area (Å²) in [6, 6.07) is 0. The van der Waals surface area contributed by atoms with Gasteiger partial charge in [0.2, 0.25) is 4.96 Å². The maximum Gasteiger partial charge on any atom is 0.412 e. The summed E-state index contributed by atoms with van der Waals surface area (Å²) in [5, 5.41) is 11.2. The molecule has 0 aliphatic carbocycles. The van der Waals surface area contributed by atoms with Crippen LogP contribution >= 0.6 is 11.3 Å². The Morgan fingerprint density at radius 2 is 2.00 bits per heavy atom. The van der Waals surface area contributed by atoms with Gasteiger partial charge in [-0.3, -0.25) is 0 Å². The molecule has 5 nitrogen and oxygen atoms in total. The number of aromatic nitrogens is 4. The second-order valence-electron chi connectivity index (χ2n) is 3.77. The molecule has 2 heterocycles. The molecule has 2 aromatic rings. The Morgan fingerprint density at radius 1 is 1.35 bits per heavy atom. The van der Waals surface area contributed by atoms with Gasteiger partial charge in [-0.15, -0.1) is 10.2 Å². The molecule has 0 fully saturated rings. The van der Waals surface area contributed by atoms with Crippen molar-refractivity contribution in [2.45, 2.75) is 32.0 Å². The van der Waals surface area contributed by atoms with E-state index in [4.69, 9.17) is 5.73 Å². The van der Waals surface area contributed by atoms with Gasteiger partial charge in [0.1, 0.15) is 5.01 Å². The lowest BCUT2D eigenvalue weighted by molar-refractivity contribution is -0.184. The maximum absolute atomic E-state index is 12.7. The Kier molecular flexibility index (Phi) is 2.62. The van der Waals surface area contributed by atoms with Gasteiger partial charge in [0.25, 0.3) is 0 Å². The summed E-state index contributed by atoms with van der Waals surface area (Å²) in [5.41, 5.74) is 2.82. The Hall–Kier alpha value is -1.22. The SMILES string of the molecule is CCc1nnc2sc(C(C)(N)C(F)(F)F)nn12. The number of alkyl halides is 3. The van der Waals surface area contributed by atoms with Gasteiger partial charge >= 0.3 is 6.18 Å². The minimum Gasteiger partial charge on any atom is -0.312 e. The topological polar surface area (TPSA) is 69.1 Å². The first kappa shape index (κ1) is 12.2. The van der Waals surface area contributed by atoms with Crippen LogP contribution in [0.25, 0.3) is 4.96 Å². The highest BCUT2D eigenvalue weighted by Crippen LogP contribution is 2.37. The number of aryl methyl sites for hydroxylation is 1. The summed E-state index contributed by atoms with van der Waals surface area (Å²) in [7, 11) is 0. The molecule has 94 valence electrons. The van der Waals surface area contributed by atoms with E-state index in [2.05, 4.69) is 15.3 Å². The molecule has 0 spiro atoms. The molecule has 0 bridgehead atoms. The Labute approximate surface area is 98.4 Å². The summed E-state index contributed by atoms with van der Waals surface area (Å²) < 4.78 is 39.5. The molecule has 2 aromatic heterocycles. The molecule has 1 unspecified atom stereocenters. The van der Waals surface area contributed by atoms with Crippen molar-refractivity contribution >= 4 is 16.3 Å². The Balaban J connectivity index is 2.54. The summed E-state index contributed by atoms with van der Waals surface area (Å²) in [6.07, 6.45) is -4.01. The van der Waals surface area contributed by atoms with Crippen molar-refractivity contribution in [2.75, 3.05) is 0 Å². The van der Waals surface area contributed by atoms with Crippen molar-refractivity contribution < 1.29 is 13.2 Å². The number of fused-ring (bicyclic) bond motifs is 1. The van der Waals surface area contributed by atoms with Crippen LogP contribution in [0.15, 0.2) is 0 Å². The zero-order chi connectivity index (χ0) is 12.8. The largest absolute Gasteiger partial charge is 0.412 e. The number of nitrogens with zero attached hydrogens (tertiary/aromatic N) is 4. The van der Waals surface area contributed by atoms with Crippen LogP contribution in [0.2, 0.25) is 0 Å². The van der Waals surface area contributed by atoms with Crippen LogP contribution in [0, 0.1) is 0 Å². The van der Waals surface area contributed by atoms with Crippen LogP contribution in [0.1, 0.15) is 24.7 Å². The maximum atomic E-state index is 12.7. The predicted octanol–water partition coefficient (Wildman–Crippen LogP) is 1.48. The molecule has 0 aliphatic heterocycles. The third-order valence-electron chi connectivity index (χ3n) is 2.40. The van der Waals surface area contributed by atoms with Gasteiger partial charge in [-0.05, 0) is 6.92 Å². The molecule has 17 heavy (non-hydrogen) atoms. The number of halogens is 3. The van der Waals surface area contributed by atoms with Crippen LogP contribution in [-0.4, -0.2) is 26.0 Å². The molecule has 2 rings (SSSR count). The lowest BCUT2D eigenvalue weighted by atomic mass is 10.1. The van der Waals surface area contributed by atoms with Gasteiger partial charge < -0.3 is 5.73 Å². The molecule has 1 atom stereocenters. The quantitative estimate of drug-likeness (QED) is 0.893. The first-order valence-corrected chi connectivity index (χ1v) is 5.66. The standard InChI is InChI=1S/C8H10F3N5S/c1-3-4-13-14-6-16(4)15-5(17-6)7(2,12)8(9,10)11/h3,12H2,1-2H3. The summed E-state index contributed by atoms with van der Waals surface area (Å²) in [4.78, 5) is 0.317. The minimum atomic E-state index is -4.55. The summed E-state index contributed by atoms with van der Waals surface area (Å²) >= 11 is 0.801. The molecule has 0 amide bonds. The van der Waals surface area contributed by atoms with Gasteiger partial charge in [-0.2, -0.15) is 22.8 Å². The molecule has 0 aromatic carbocycles. The normalized spacial score (nSPS) is 16.4. The van der Waals surface area contributed by atoms with E-state index in [1.807, 2.05) is 6.92 Å². The monoisotopic (exact) mass is 265 g/mol. The van der Waals surface area contributed by atoms with Gasteiger partial charge in [0, 0.05) is 6.42 Å². The van der Waals surface area contributed by atoms with E-state index >= 15 is 0 Å². The van der Waals surface area contributed by atoms with Gasteiger partial charge in [0.15, 0.2) is 11.4 Å². The highest BCUT2D eigenvalue weighted by atomic mass is 32.1. The van der Waals surface area contributed by atoms with Crippen molar-refractivity contribution in [1.29, 1.82) is 0 Å². The number of hydrogen-bond acceptors (Lipinski definition) is 5. The van der Waals surface area contributed by atoms with Crippen molar-refractivity contribution in [2.24, 2.45) is 5.73 Å². The molecule has 0 saturated heterocycles. The van der Waals surface area contributed by atoms with E-state index in [-0.39, 0.29) is 5.01 Å². The van der Waals surface area contributed by atoms with E-state index in [9.17, 15) is 13.2 Å². The molecular formula is C8H10F3N5S. The van der Waals surface area contributed by atoms with Crippen molar-refractivity contribution in [3.8, 4) is 0 Å². The molecule has 0 aliphatic rings. The highest BCUT2D eigenvalue weighted by molar-refractivity contribution is 7.16. The first-order chi connectivity index (χ1) is 7.77. The van der Waals surface area contributed by atoms with Gasteiger partial charge in [-0.25, -0.2) is 0 Å². The van der Waals surface area contributed by atoms with Crippen LogP contribution in [0.3, 0.4) is 0 Å². The molecule has 9 heteroatoms. The average Bonchev–Trinajstić information content (AvgIpc) is 2.73. The molecule has 0 radical (unpaired) electrons. The number of nitrogens with two attached hydrogens (primary N) is 1. The van der Waals surface area contributed by atoms with Crippen LogP contribution < -0.4 is 5.73 Å². The van der Waals surface area contributed by atoms with Crippen molar-refractivity contribution in [3.63, 3.8) is 0 Å². The highest BCUT2D eigenvalue weighted by Gasteiger charge is 2.52. The fourth-order valence-corrected chi connectivity index (χ4v) is 2.15. The summed E-state index contributed by atoms with van der Waals surface area (Å²) in [6.45, 7) is 2.71. The molecular weight excluding hydrogens is 255 g/mol. The van der Waals surface area contributed by atoms with Gasteiger partial charge in [0.05, 0.1) is 0 Å². The third-order valence-corrected chi connectivity index (χ3v) is 3.54. The van der Waals surface area contributed by atoms with Crippen molar-refractivity contribution in [3.05, 3.63) is 10.8 Å². The third kappa shape index (κ3) is 1.78. The second-order valence-corrected chi connectivity index (χ2v) is 4.73. The van der Waals surface area contributed by atoms with Gasteiger partial charge in [-0.1, -0.05) is 18.3 Å². The molecule has 2 N–H and O–H groups in total. The van der Waals surface area contributed by atoms with Crippen LogP contribution in [0.5, 0.6) is 0 Å². The first-order valence-electron chi connectivity index (χ1n) is 4.84. The second kappa shape index (κ2) is 3.64. The summed E-state index contributed by atoms with van der Waals surface area (Å²) in [5.74, 6) is 0.514. The average molecular weight is 265 g/mol. The van der Waals surface area contributed by atoms with Crippen LogP contribution in [-0.2, 0) is 12.0 Å². The molecule has 0 saturated carbocycles. The van der Waals surface area contributed by atoms with Crippen molar-refractivity contribution in [1.82, 2.24) is 19.8 Å². The predicted molar refractivity (Wildman–Crippen MR) is 55.6 cm³/mol.